The average Bonchev–Trinajstić information content (AvgIpc) is 2.37. The molecule has 0 fully saturated rings. The average molecular weight is 273 g/mol. The van der Waals surface area contributed by atoms with Crippen molar-refractivity contribution < 1.29 is 19.1 Å². The van der Waals surface area contributed by atoms with Crippen molar-refractivity contribution >= 4 is 17.6 Å². The Bertz CT molecular complexity index is 683. The van der Waals surface area contributed by atoms with Gasteiger partial charge in [-0.3, -0.25) is 4.79 Å². The van der Waals surface area contributed by atoms with Gasteiger partial charge in [-0.2, -0.15) is 0 Å². The molecule has 0 heterocycles. The van der Waals surface area contributed by atoms with Crippen LogP contribution in [0, 0.1) is 5.82 Å². The molecular weight excluding hydrogens is 261 g/mol. The molecule has 2 aromatic rings. The van der Waals surface area contributed by atoms with Crippen molar-refractivity contribution in [3.05, 3.63) is 53.8 Å². The number of aromatic carboxylic acids is 1. The number of benzene rings is 2. The first-order chi connectivity index (χ1) is 9.47. The zero-order valence-electron chi connectivity index (χ0n) is 10.7. The Labute approximate surface area is 114 Å². The molecule has 0 saturated carbocycles. The zero-order chi connectivity index (χ0) is 14.7. The van der Waals surface area contributed by atoms with Crippen molar-refractivity contribution in [2.45, 2.75) is 6.92 Å². The fourth-order valence-electron chi connectivity index (χ4n) is 1.85. The van der Waals surface area contributed by atoms with Crippen LogP contribution in [0.3, 0.4) is 0 Å². The molecule has 1 amide bonds. The molecule has 2 N–H and O–H groups in total. The summed E-state index contributed by atoms with van der Waals surface area (Å²) >= 11 is 0. The maximum Gasteiger partial charge on any atom is 0.338 e. The van der Waals surface area contributed by atoms with Crippen LogP contribution < -0.4 is 5.32 Å². The van der Waals surface area contributed by atoms with Gasteiger partial charge in [-0.05, 0) is 35.4 Å². The normalized spacial score (nSPS) is 10.1. The van der Waals surface area contributed by atoms with Crippen LogP contribution >= 0.6 is 0 Å². The number of rotatable bonds is 3. The van der Waals surface area contributed by atoms with E-state index in [1.54, 1.807) is 24.3 Å². The molecular formula is C15H12FNO3. The van der Waals surface area contributed by atoms with E-state index >= 15 is 0 Å². The number of hydrogen-bond donors (Lipinski definition) is 2. The fraction of sp³-hybridized carbons (Fsp3) is 0.0667. The van der Waals surface area contributed by atoms with Crippen molar-refractivity contribution in [2.24, 2.45) is 0 Å². The number of anilines is 1. The lowest BCUT2D eigenvalue weighted by Crippen LogP contribution is -2.05. The van der Waals surface area contributed by atoms with Gasteiger partial charge in [0.2, 0.25) is 5.91 Å². The second kappa shape index (κ2) is 5.52. The minimum absolute atomic E-state index is 0.199. The molecule has 0 aliphatic rings. The first kappa shape index (κ1) is 13.7. The Morgan fingerprint density at radius 3 is 2.40 bits per heavy atom. The maximum absolute atomic E-state index is 13.6. The SMILES string of the molecule is CC(=O)Nc1cccc(-c2ccc(C(=O)O)c(F)c2)c1. The molecule has 0 radical (unpaired) electrons. The second-order valence-corrected chi connectivity index (χ2v) is 4.26. The molecule has 0 spiro atoms. The van der Waals surface area contributed by atoms with Crippen LogP contribution in [-0.4, -0.2) is 17.0 Å². The van der Waals surface area contributed by atoms with Crippen molar-refractivity contribution in [1.29, 1.82) is 0 Å². The number of amides is 1. The lowest BCUT2D eigenvalue weighted by Gasteiger charge is -2.07. The van der Waals surface area contributed by atoms with Crippen molar-refractivity contribution in [2.75, 3.05) is 5.32 Å². The van der Waals surface area contributed by atoms with Crippen LogP contribution in [0.4, 0.5) is 10.1 Å². The van der Waals surface area contributed by atoms with E-state index in [0.717, 1.165) is 6.07 Å². The Balaban J connectivity index is 2.39. The number of hydrogen-bond acceptors (Lipinski definition) is 2. The standard InChI is InChI=1S/C15H12FNO3/c1-9(18)17-12-4-2-3-10(7-12)11-5-6-13(15(19)20)14(16)8-11/h2-8H,1H3,(H,17,18)(H,19,20). The van der Waals surface area contributed by atoms with Crippen LogP contribution in [0.15, 0.2) is 42.5 Å². The van der Waals surface area contributed by atoms with E-state index in [4.69, 9.17) is 5.11 Å². The number of carbonyl (C=O) groups excluding carboxylic acids is 1. The third-order valence-corrected chi connectivity index (χ3v) is 2.72. The first-order valence-electron chi connectivity index (χ1n) is 5.88. The van der Waals surface area contributed by atoms with Gasteiger partial charge in [0.15, 0.2) is 0 Å². The molecule has 2 aromatic carbocycles. The Kier molecular flexibility index (Phi) is 3.79. The highest BCUT2D eigenvalue weighted by molar-refractivity contribution is 5.90. The van der Waals surface area contributed by atoms with Gasteiger partial charge in [0.25, 0.3) is 0 Å². The zero-order valence-corrected chi connectivity index (χ0v) is 10.7. The topological polar surface area (TPSA) is 66.4 Å². The second-order valence-electron chi connectivity index (χ2n) is 4.26. The predicted molar refractivity (Wildman–Crippen MR) is 73.1 cm³/mol. The summed E-state index contributed by atoms with van der Waals surface area (Å²) in [6, 6.07) is 10.8. The van der Waals surface area contributed by atoms with Crippen LogP contribution in [0.25, 0.3) is 11.1 Å². The summed E-state index contributed by atoms with van der Waals surface area (Å²) in [5.74, 6) is -2.30. The molecule has 0 aliphatic heterocycles. The molecule has 102 valence electrons. The van der Waals surface area contributed by atoms with Gasteiger partial charge in [-0.1, -0.05) is 18.2 Å². The van der Waals surface area contributed by atoms with Crippen LogP contribution in [-0.2, 0) is 4.79 Å². The van der Waals surface area contributed by atoms with Gasteiger partial charge in [0.1, 0.15) is 5.82 Å². The Morgan fingerprint density at radius 1 is 1.10 bits per heavy atom. The predicted octanol–water partition coefficient (Wildman–Crippen LogP) is 3.15. The molecule has 4 nitrogen and oxygen atoms in total. The summed E-state index contributed by atoms with van der Waals surface area (Å²) in [6.07, 6.45) is 0. The largest absolute Gasteiger partial charge is 0.478 e. The Hall–Kier alpha value is -2.69. The van der Waals surface area contributed by atoms with Gasteiger partial charge >= 0.3 is 5.97 Å². The number of carboxylic acids is 1. The van der Waals surface area contributed by atoms with Gasteiger partial charge in [-0.15, -0.1) is 0 Å². The first-order valence-corrected chi connectivity index (χ1v) is 5.88. The molecule has 2 rings (SSSR count). The summed E-state index contributed by atoms with van der Waals surface area (Å²) in [5.41, 5.74) is 1.45. The lowest BCUT2D eigenvalue weighted by molar-refractivity contribution is -0.114. The van der Waals surface area contributed by atoms with Crippen LogP contribution in [0.1, 0.15) is 17.3 Å². The van der Waals surface area contributed by atoms with E-state index in [0.29, 0.717) is 16.8 Å². The number of halogens is 1. The van der Waals surface area contributed by atoms with Gasteiger partial charge in [-0.25, -0.2) is 9.18 Å². The fourth-order valence-corrected chi connectivity index (χ4v) is 1.85. The molecule has 5 heteroatoms. The van der Waals surface area contributed by atoms with E-state index in [-0.39, 0.29) is 11.5 Å². The van der Waals surface area contributed by atoms with Gasteiger partial charge in [0.05, 0.1) is 5.56 Å². The van der Waals surface area contributed by atoms with E-state index in [9.17, 15) is 14.0 Å². The number of carbonyl (C=O) groups is 2. The monoisotopic (exact) mass is 273 g/mol. The maximum atomic E-state index is 13.6. The molecule has 0 atom stereocenters. The van der Waals surface area contributed by atoms with Gasteiger partial charge in [0, 0.05) is 12.6 Å². The van der Waals surface area contributed by atoms with Crippen molar-refractivity contribution in [1.82, 2.24) is 0 Å². The minimum Gasteiger partial charge on any atom is -0.478 e. The molecule has 0 bridgehead atoms. The van der Waals surface area contributed by atoms with E-state index in [1.165, 1.54) is 19.1 Å². The third kappa shape index (κ3) is 3.00. The van der Waals surface area contributed by atoms with Crippen molar-refractivity contribution in [3.8, 4) is 11.1 Å². The van der Waals surface area contributed by atoms with Crippen LogP contribution in [0.2, 0.25) is 0 Å². The van der Waals surface area contributed by atoms with Crippen molar-refractivity contribution in [3.63, 3.8) is 0 Å². The van der Waals surface area contributed by atoms with Gasteiger partial charge < -0.3 is 10.4 Å². The summed E-state index contributed by atoms with van der Waals surface area (Å²) in [4.78, 5) is 21.8. The third-order valence-electron chi connectivity index (χ3n) is 2.72. The highest BCUT2D eigenvalue weighted by Gasteiger charge is 2.11. The summed E-state index contributed by atoms with van der Waals surface area (Å²) < 4.78 is 13.6. The highest BCUT2D eigenvalue weighted by Crippen LogP contribution is 2.24. The smallest absolute Gasteiger partial charge is 0.338 e. The highest BCUT2D eigenvalue weighted by atomic mass is 19.1. The summed E-state index contributed by atoms with van der Waals surface area (Å²) in [6.45, 7) is 1.40. The molecule has 0 saturated heterocycles. The van der Waals surface area contributed by atoms with E-state index in [1.807, 2.05) is 0 Å². The quantitative estimate of drug-likeness (QED) is 0.902. The van der Waals surface area contributed by atoms with E-state index < -0.39 is 11.8 Å². The molecule has 0 aliphatic carbocycles. The minimum atomic E-state index is -1.30. The van der Waals surface area contributed by atoms with E-state index in [2.05, 4.69) is 5.32 Å². The number of nitrogens with one attached hydrogen (secondary N) is 1. The lowest BCUT2D eigenvalue weighted by atomic mass is 10.0. The molecule has 0 aromatic heterocycles. The summed E-state index contributed by atoms with van der Waals surface area (Å²) in [7, 11) is 0. The summed E-state index contributed by atoms with van der Waals surface area (Å²) in [5, 5.41) is 11.4. The molecule has 20 heavy (non-hydrogen) atoms. The van der Waals surface area contributed by atoms with Crippen LogP contribution in [0.5, 0.6) is 0 Å². The molecule has 0 unspecified atom stereocenters. The Morgan fingerprint density at radius 2 is 1.80 bits per heavy atom. The number of carboxylic acid groups (broad SMARTS) is 1.